The smallest absolute Gasteiger partial charge is 0.0610 e. The Morgan fingerprint density at radius 1 is 1.55 bits per heavy atom. The number of hydrogen-bond donors (Lipinski definition) is 3. The Balaban J connectivity index is 2.45. The maximum absolute atomic E-state index is 9.56. The quantitative estimate of drug-likeness (QED) is 0.602. The number of nitrogens with one attached hydrogen (secondary N) is 1. The van der Waals surface area contributed by atoms with Crippen molar-refractivity contribution in [2.24, 2.45) is 0 Å². The van der Waals surface area contributed by atoms with Gasteiger partial charge >= 0.3 is 0 Å². The van der Waals surface area contributed by atoms with Crippen molar-refractivity contribution in [2.45, 2.75) is 25.0 Å². The number of hydrogen-bond acceptors (Lipinski definition) is 3. The summed E-state index contributed by atoms with van der Waals surface area (Å²) in [5, 5.41) is 3.27. The highest BCUT2D eigenvalue weighted by molar-refractivity contribution is 8.24. The van der Waals surface area contributed by atoms with Gasteiger partial charge in [0.15, 0.2) is 0 Å². The zero-order chi connectivity index (χ0) is 8.32. The normalized spacial score (nSPS) is 33.2. The van der Waals surface area contributed by atoms with Crippen molar-refractivity contribution in [2.75, 3.05) is 18.8 Å². The van der Waals surface area contributed by atoms with E-state index in [9.17, 15) is 9.11 Å². The molecule has 1 aliphatic heterocycles. The van der Waals surface area contributed by atoms with Crippen LogP contribution in [0.2, 0.25) is 0 Å². The second-order valence-electron chi connectivity index (χ2n) is 3.04. The fourth-order valence-corrected chi connectivity index (χ4v) is 3.17. The summed E-state index contributed by atoms with van der Waals surface area (Å²) in [6.07, 6.45) is 1.96. The first-order chi connectivity index (χ1) is 5.17. The van der Waals surface area contributed by atoms with E-state index in [2.05, 4.69) is 12.2 Å². The van der Waals surface area contributed by atoms with Gasteiger partial charge in [-0.1, -0.05) is 13.3 Å². The first kappa shape index (κ1) is 9.32. The van der Waals surface area contributed by atoms with Crippen LogP contribution < -0.4 is 5.32 Å². The highest BCUT2D eigenvalue weighted by Crippen LogP contribution is 2.46. The van der Waals surface area contributed by atoms with Crippen LogP contribution in [0.4, 0.5) is 0 Å². The van der Waals surface area contributed by atoms with Crippen molar-refractivity contribution >= 4 is 10.6 Å². The van der Waals surface area contributed by atoms with Crippen molar-refractivity contribution in [1.29, 1.82) is 0 Å². The second-order valence-corrected chi connectivity index (χ2v) is 5.55. The summed E-state index contributed by atoms with van der Waals surface area (Å²) in [7, 11) is -2.25. The molecule has 1 fully saturated rings. The van der Waals surface area contributed by atoms with Crippen LogP contribution in [0.15, 0.2) is 0 Å². The van der Waals surface area contributed by atoms with Gasteiger partial charge in [0, 0.05) is 13.1 Å². The van der Waals surface area contributed by atoms with Gasteiger partial charge in [0.1, 0.15) is 0 Å². The summed E-state index contributed by atoms with van der Waals surface area (Å²) >= 11 is 0. The third-order valence-electron chi connectivity index (χ3n) is 2.10. The van der Waals surface area contributed by atoms with Crippen LogP contribution in [0.5, 0.6) is 0 Å². The molecule has 1 heterocycles. The molecule has 1 aliphatic rings. The fourth-order valence-electron chi connectivity index (χ4n) is 1.40. The molecule has 1 saturated heterocycles. The molecule has 0 amide bonds. The Hall–Kier alpha value is 0.230. The molecule has 0 radical (unpaired) electrons. The van der Waals surface area contributed by atoms with Gasteiger partial charge in [-0.3, -0.25) is 9.11 Å². The van der Waals surface area contributed by atoms with Gasteiger partial charge in [-0.05, 0) is 6.42 Å². The average molecular weight is 179 g/mol. The van der Waals surface area contributed by atoms with E-state index in [1.54, 1.807) is 0 Å². The maximum Gasteiger partial charge on any atom is 0.0610 e. The third-order valence-corrected chi connectivity index (χ3v) is 4.37. The Bertz CT molecular complexity index is 128. The first-order valence-corrected chi connectivity index (χ1v) is 5.90. The SMILES string of the molecule is CCCC1CNCCS1(O)O. The second kappa shape index (κ2) is 3.76. The molecular weight excluding hydrogens is 162 g/mol. The molecule has 68 valence electrons. The van der Waals surface area contributed by atoms with Crippen LogP contribution in [-0.4, -0.2) is 33.2 Å². The fraction of sp³-hybridized carbons (Fsp3) is 1.00. The van der Waals surface area contributed by atoms with Crippen molar-refractivity contribution in [3.8, 4) is 0 Å². The van der Waals surface area contributed by atoms with Crippen molar-refractivity contribution in [3.63, 3.8) is 0 Å². The maximum atomic E-state index is 9.56. The highest BCUT2D eigenvalue weighted by Gasteiger charge is 2.27. The van der Waals surface area contributed by atoms with Crippen LogP contribution in [0.25, 0.3) is 0 Å². The Kier molecular flexibility index (Phi) is 3.18. The molecule has 3 nitrogen and oxygen atoms in total. The van der Waals surface area contributed by atoms with Crippen molar-refractivity contribution in [1.82, 2.24) is 5.32 Å². The molecule has 3 N–H and O–H groups in total. The molecule has 0 aromatic heterocycles. The minimum Gasteiger partial charge on any atom is -0.313 e. The molecular formula is C7H17NO2S. The van der Waals surface area contributed by atoms with E-state index in [1.807, 2.05) is 0 Å². The van der Waals surface area contributed by atoms with Gasteiger partial charge in [0.05, 0.1) is 11.0 Å². The largest absolute Gasteiger partial charge is 0.313 e. The van der Waals surface area contributed by atoms with Crippen LogP contribution in [0, 0.1) is 0 Å². The summed E-state index contributed by atoms with van der Waals surface area (Å²) < 4.78 is 19.1. The highest BCUT2D eigenvalue weighted by atomic mass is 32.3. The lowest BCUT2D eigenvalue weighted by Crippen LogP contribution is -2.41. The molecule has 0 aromatic carbocycles. The predicted molar refractivity (Wildman–Crippen MR) is 49.3 cm³/mol. The van der Waals surface area contributed by atoms with E-state index in [1.165, 1.54) is 0 Å². The van der Waals surface area contributed by atoms with Gasteiger partial charge in [-0.25, -0.2) is 0 Å². The van der Waals surface area contributed by atoms with Gasteiger partial charge in [0.25, 0.3) is 0 Å². The minimum absolute atomic E-state index is 0.0984. The lowest BCUT2D eigenvalue weighted by Gasteiger charge is -2.43. The van der Waals surface area contributed by atoms with E-state index in [0.717, 1.165) is 25.9 Å². The van der Waals surface area contributed by atoms with E-state index in [-0.39, 0.29) is 5.25 Å². The molecule has 0 bridgehead atoms. The van der Waals surface area contributed by atoms with Gasteiger partial charge in [-0.2, -0.15) is 10.6 Å². The zero-order valence-electron chi connectivity index (χ0n) is 6.92. The van der Waals surface area contributed by atoms with Crippen molar-refractivity contribution in [3.05, 3.63) is 0 Å². The molecule has 1 rings (SSSR count). The molecule has 1 unspecified atom stereocenters. The molecule has 11 heavy (non-hydrogen) atoms. The van der Waals surface area contributed by atoms with E-state index >= 15 is 0 Å². The van der Waals surface area contributed by atoms with Crippen molar-refractivity contribution < 1.29 is 9.11 Å². The third kappa shape index (κ3) is 2.33. The summed E-state index contributed by atoms with van der Waals surface area (Å²) in [4.78, 5) is 0. The van der Waals surface area contributed by atoms with Gasteiger partial charge in [0.2, 0.25) is 0 Å². The summed E-state index contributed by atoms with van der Waals surface area (Å²) in [6, 6.07) is 0. The van der Waals surface area contributed by atoms with Crippen LogP contribution in [0.1, 0.15) is 19.8 Å². The van der Waals surface area contributed by atoms with E-state index < -0.39 is 10.6 Å². The minimum atomic E-state index is -2.25. The zero-order valence-corrected chi connectivity index (χ0v) is 7.73. The molecule has 1 atom stereocenters. The Morgan fingerprint density at radius 2 is 2.27 bits per heavy atom. The molecule has 0 spiro atoms. The van der Waals surface area contributed by atoms with E-state index in [0.29, 0.717) is 5.75 Å². The lowest BCUT2D eigenvalue weighted by atomic mass is 10.2. The Labute approximate surface area is 69.5 Å². The van der Waals surface area contributed by atoms with Gasteiger partial charge < -0.3 is 5.32 Å². The summed E-state index contributed by atoms with van der Waals surface area (Å²) in [5.41, 5.74) is 0. The monoisotopic (exact) mass is 179 g/mol. The molecule has 4 heteroatoms. The topological polar surface area (TPSA) is 52.5 Å². The van der Waals surface area contributed by atoms with Gasteiger partial charge in [-0.15, -0.1) is 0 Å². The van der Waals surface area contributed by atoms with E-state index in [4.69, 9.17) is 0 Å². The molecule has 0 aliphatic carbocycles. The average Bonchev–Trinajstić information content (AvgIpc) is 1.94. The molecule has 0 aromatic rings. The Morgan fingerprint density at radius 3 is 2.82 bits per heavy atom. The predicted octanol–water partition coefficient (Wildman–Crippen LogP) is 1.51. The van der Waals surface area contributed by atoms with Crippen LogP contribution >= 0.6 is 10.6 Å². The van der Waals surface area contributed by atoms with Crippen LogP contribution in [-0.2, 0) is 0 Å². The number of rotatable bonds is 2. The standard InChI is InChI=1S/C7H17NO2S/c1-2-3-7-6-8-4-5-11(7,9)10/h7-10H,2-6H2,1H3. The summed E-state index contributed by atoms with van der Waals surface area (Å²) in [5.74, 6) is 0.539. The van der Waals surface area contributed by atoms with Crippen LogP contribution in [0.3, 0.4) is 0 Å². The first-order valence-electron chi connectivity index (χ1n) is 4.12. The molecule has 0 saturated carbocycles. The summed E-state index contributed by atoms with van der Waals surface area (Å²) in [6.45, 7) is 3.60. The lowest BCUT2D eigenvalue weighted by molar-refractivity contribution is 0.439.